The molecule has 0 aliphatic heterocycles. The van der Waals surface area contributed by atoms with Gasteiger partial charge in [-0.05, 0) is 38.1 Å². The first-order valence-electron chi connectivity index (χ1n) is 7.39. The monoisotopic (exact) mass is 239 g/mol. The maximum atomic E-state index is 11.8. The highest BCUT2D eigenvalue weighted by Crippen LogP contribution is 2.24. The van der Waals surface area contributed by atoms with Gasteiger partial charge in [0.15, 0.2) is 0 Å². The molecular weight excluding hydrogens is 210 g/mol. The Bertz CT molecular complexity index is 219. The first kappa shape index (κ1) is 14.7. The van der Waals surface area contributed by atoms with Crippen LogP contribution in [0.3, 0.4) is 0 Å². The van der Waals surface area contributed by atoms with Crippen molar-refractivity contribution in [1.82, 2.24) is 4.90 Å². The third-order valence-electron chi connectivity index (χ3n) is 3.74. The summed E-state index contributed by atoms with van der Waals surface area (Å²) in [5.41, 5.74) is 0. The van der Waals surface area contributed by atoms with E-state index in [9.17, 15) is 4.79 Å². The second-order valence-electron chi connectivity index (χ2n) is 5.88. The molecule has 100 valence electrons. The topological polar surface area (TPSA) is 20.3 Å². The number of nitrogens with zero attached hydrogens (tertiary/aromatic N) is 1. The maximum Gasteiger partial charge on any atom is 0.146 e. The van der Waals surface area contributed by atoms with Crippen LogP contribution in [-0.4, -0.2) is 29.8 Å². The van der Waals surface area contributed by atoms with E-state index in [-0.39, 0.29) is 0 Å². The molecule has 0 N–H and O–H groups in total. The second kappa shape index (κ2) is 7.86. The minimum Gasteiger partial charge on any atom is -0.298 e. The Hall–Kier alpha value is -0.370. The zero-order valence-electron chi connectivity index (χ0n) is 11.9. The molecule has 0 spiro atoms. The van der Waals surface area contributed by atoms with Gasteiger partial charge in [0.05, 0.1) is 6.54 Å². The molecule has 1 aliphatic rings. The lowest BCUT2D eigenvalue weighted by Gasteiger charge is -2.28. The van der Waals surface area contributed by atoms with Crippen molar-refractivity contribution >= 4 is 5.78 Å². The van der Waals surface area contributed by atoms with Crippen molar-refractivity contribution in [2.24, 2.45) is 5.92 Å². The molecule has 0 radical (unpaired) electrons. The van der Waals surface area contributed by atoms with Crippen LogP contribution in [0.4, 0.5) is 0 Å². The number of Topliss-reactive ketones (excluding diaryl/α,β-unsaturated/α-hetero) is 1. The lowest BCUT2D eigenvalue weighted by atomic mass is 10.1. The zero-order chi connectivity index (χ0) is 12.7. The van der Waals surface area contributed by atoms with Gasteiger partial charge in [-0.3, -0.25) is 9.69 Å². The van der Waals surface area contributed by atoms with E-state index < -0.39 is 0 Å². The van der Waals surface area contributed by atoms with Crippen molar-refractivity contribution in [2.45, 2.75) is 71.8 Å². The van der Waals surface area contributed by atoms with E-state index >= 15 is 0 Å². The lowest BCUT2D eigenvalue weighted by Crippen LogP contribution is -2.38. The molecule has 0 saturated heterocycles. The molecule has 0 heterocycles. The average Bonchev–Trinajstić information content (AvgIpc) is 2.77. The highest BCUT2D eigenvalue weighted by Gasteiger charge is 2.23. The van der Waals surface area contributed by atoms with Crippen molar-refractivity contribution in [2.75, 3.05) is 13.1 Å². The van der Waals surface area contributed by atoms with Crippen molar-refractivity contribution < 1.29 is 4.79 Å². The second-order valence-corrected chi connectivity index (χ2v) is 5.88. The van der Waals surface area contributed by atoms with Crippen LogP contribution in [0.15, 0.2) is 0 Å². The van der Waals surface area contributed by atoms with Gasteiger partial charge in [-0.25, -0.2) is 0 Å². The lowest BCUT2D eigenvalue weighted by molar-refractivity contribution is -0.120. The van der Waals surface area contributed by atoms with Gasteiger partial charge in [0.2, 0.25) is 0 Å². The Kier molecular flexibility index (Phi) is 6.79. The highest BCUT2D eigenvalue weighted by atomic mass is 16.1. The zero-order valence-corrected chi connectivity index (χ0v) is 11.9. The Morgan fingerprint density at radius 2 is 1.94 bits per heavy atom. The van der Waals surface area contributed by atoms with E-state index in [2.05, 4.69) is 25.7 Å². The molecule has 2 heteroatoms. The number of ketones is 1. The first-order valence-corrected chi connectivity index (χ1v) is 7.39. The standard InChI is InChI=1S/C15H29NO/c1-4-7-15(17)12-16(11-10-13(2)3)14-8-5-6-9-14/h13-14H,4-12H2,1-3H3. The molecule has 0 aromatic rings. The van der Waals surface area contributed by atoms with Crippen LogP contribution < -0.4 is 0 Å². The molecule has 0 aromatic heterocycles. The van der Waals surface area contributed by atoms with E-state index in [4.69, 9.17) is 0 Å². The van der Waals surface area contributed by atoms with Crippen LogP contribution in [0.2, 0.25) is 0 Å². The molecule has 1 fully saturated rings. The average molecular weight is 239 g/mol. The first-order chi connectivity index (χ1) is 8.13. The molecule has 2 nitrogen and oxygen atoms in total. The van der Waals surface area contributed by atoms with Gasteiger partial charge >= 0.3 is 0 Å². The van der Waals surface area contributed by atoms with Crippen LogP contribution in [0.25, 0.3) is 0 Å². The number of carbonyl (C=O) groups excluding carboxylic acids is 1. The van der Waals surface area contributed by atoms with Crippen molar-refractivity contribution in [3.63, 3.8) is 0 Å². The Morgan fingerprint density at radius 1 is 1.29 bits per heavy atom. The summed E-state index contributed by atoms with van der Waals surface area (Å²) in [5.74, 6) is 1.17. The summed E-state index contributed by atoms with van der Waals surface area (Å²) in [6, 6.07) is 0.689. The number of rotatable bonds is 8. The van der Waals surface area contributed by atoms with Gasteiger partial charge in [-0.15, -0.1) is 0 Å². The minimum absolute atomic E-state index is 0.433. The predicted molar refractivity (Wildman–Crippen MR) is 73.2 cm³/mol. The van der Waals surface area contributed by atoms with Gasteiger partial charge in [0, 0.05) is 12.5 Å². The Labute approximate surface area is 107 Å². The summed E-state index contributed by atoms with van der Waals surface area (Å²) < 4.78 is 0. The van der Waals surface area contributed by atoms with Gasteiger partial charge in [0.1, 0.15) is 5.78 Å². The molecule has 0 unspecified atom stereocenters. The summed E-state index contributed by atoms with van der Waals surface area (Å²) >= 11 is 0. The molecular formula is C15H29NO. The molecule has 1 rings (SSSR count). The Balaban J connectivity index is 2.42. The van der Waals surface area contributed by atoms with Crippen LogP contribution >= 0.6 is 0 Å². The van der Waals surface area contributed by atoms with Crippen molar-refractivity contribution in [1.29, 1.82) is 0 Å². The maximum absolute atomic E-state index is 11.8. The summed E-state index contributed by atoms with van der Waals surface area (Å²) in [4.78, 5) is 14.3. The summed E-state index contributed by atoms with van der Waals surface area (Å²) in [7, 11) is 0. The number of carbonyl (C=O) groups is 1. The SMILES string of the molecule is CCCC(=O)CN(CCC(C)C)C1CCCC1. The number of hydrogen-bond acceptors (Lipinski definition) is 2. The molecule has 1 aliphatic carbocycles. The normalized spacial score (nSPS) is 17.2. The largest absolute Gasteiger partial charge is 0.298 e. The van der Waals surface area contributed by atoms with Gasteiger partial charge in [0.25, 0.3) is 0 Å². The molecule has 0 amide bonds. The Morgan fingerprint density at radius 3 is 2.47 bits per heavy atom. The molecule has 1 saturated carbocycles. The quantitative estimate of drug-likeness (QED) is 0.644. The van der Waals surface area contributed by atoms with Crippen LogP contribution in [0, 0.1) is 5.92 Å². The van der Waals surface area contributed by atoms with E-state index in [0.29, 0.717) is 18.4 Å². The molecule has 0 bridgehead atoms. The molecule has 0 aromatic carbocycles. The van der Waals surface area contributed by atoms with Gasteiger partial charge in [-0.1, -0.05) is 33.6 Å². The minimum atomic E-state index is 0.433. The molecule has 0 atom stereocenters. The van der Waals surface area contributed by atoms with E-state index in [1.54, 1.807) is 0 Å². The van der Waals surface area contributed by atoms with Crippen LogP contribution in [0.5, 0.6) is 0 Å². The van der Waals surface area contributed by atoms with Crippen LogP contribution in [-0.2, 0) is 4.79 Å². The fourth-order valence-electron chi connectivity index (χ4n) is 2.67. The van der Waals surface area contributed by atoms with Crippen LogP contribution in [0.1, 0.15) is 65.7 Å². The highest BCUT2D eigenvalue weighted by molar-refractivity contribution is 5.80. The summed E-state index contributed by atoms with van der Waals surface area (Å²) in [5, 5.41) is 0. The van der Waals surface area contributed by atoms with E-state index in [1.165, 1.54) is 32.1 Å². The van der Waals surface area contributed by atoms with Crippen molar-refractivity contribution in [3.8, 4) is 0 Å². The van der Waals surface area contributed by atoms with E-state index in [1.807, 2.05) is 0 Å². The fraction of sp³-hybridized carbons (Fsp3) is 0.933. The van der Waals surface area contributed by atoms with Gasteiger partial charge in [-0.2, -0.15) is 0 Å². The third-order valence-corrected chi connectivity index (χ3v) is 3.74. The summed E-state index contributed by atoms with van der Waals surface area (Å²) in [6.07, 6.45) is 8.27. The summed E-state index contributed by atoms with van der Waals surface area (Å²) in [6.45, 7) is 8.43. The molecule has 17 heavy (non-hydrogen) atoms. The van der Waals surface area contributed by atoms with Crippen molar-refractivity contribution in [3.05, 3.63) is 0 Å². The smallest absolute Gasteiger partial charge is 0.146 e. The van der Waals surface area contributed by atoms with E-state index in [0.717, 1.165) is 25.3 Å². The fourth-order valence-corrected chi connectivity index (χ4v) is 2.67. The predicted octanol–water partition coefficient (Wildman–Crippen LogP) is 3.65. The van der Waals surface area contributed by atoms with Gasteiger partial charge < -0.3 is 0 Å². The number of hydrogen-bond donors (Lipinski definition) is 0. The third kappa shape index (κ3) is 5.67.